The van der Waals surface area contributed by atoms with E-state index in [0.717, 1.165) is 53.0 Å². The van der Waals surface area contributed by atoms with Gasteiger partial charge >= 0.3 is 0 Å². The molecule has 0 N–H and O–H groups in total. The van der Waals surface area contributed by atoms with Gasteiger partial charge in [-0.25, -0.2) is 0 Å². The number of rotatable bonds is 20. The Morgan fingerprint density at radius 1 is 0.767 bits per heavy atom. The Bertz CT molecular complexity index is 834. The minimum atomic E-state index is 0.352. The summed E-state index contributed by atoms with van der Waals surface area (Å²) >= 11 is 2.31. The molecule has 3 fully saturated rings. The van der Waals surface area contributed by atoms with Crippen LogP contribution in [0.25, 0.3) is 0 Å². The van der Waals surface area contributed by atoms with E-state index in [1.54, 1.807) is 5.57 Å². The van der Waals surface area contributed by atoms with E-state index in [1.807, 2.05) is 0 Å². The summed E-state index contributed by atoms with van der Waals surface area (Å²) < 4.78 is 29.6. The van der Waals surface area contributed by atoms with Gasteiger partial charge < -0.3 is 23.7 Å². The normalized spacial score (nSPS) is 34.5. The maximum absolute atomic E-state index is 6.35. The lowest BCUT2D eigenvalue weighted by atomic mass is 9.47. The highest BCUT2D eigenvalue weighted by Gasteiger charge is 2.59. The Kier molecular flexibility index (Phi) is 15.1. The first-order valence-corrected chi connectivity index (χ1v) is 19.5. The van der Waals surface area contributed by atoms with E-state index in [1.165, 1.54) is 64.2 Å². The van der Waals surface area contributed by atoms with Gasteiger partial charge in [0.05, 0.1) is 65.6 Å². The van der Waals surface area contributed by atoms with Crippen molar-refractivity contribution in [1.29, 1.82) is 0 Å². The van der Waals surface area contributed by atoms with Gasteiger partial charge in [-0.15, -0.1) is 0 Å². The molecule has 0 saturated heterocycles. The maximum atomic E-state index is 6.35. The molecule has 0 spiro atoms. The van der Waals surface area contributed by atoms with Crippen LogP contribution in [-0.4, -0.2) is 70.0 Å². The highest BCUT2D eigenvalue weighted by molar-refractivity contribution is 14.1. The molecule has 8 atom stereocenters. The van der Waals surface area contributed by atoms with Gasteiger partial charge in [0.15, 0.2) is 0 Å². The maximum Gasteiger partial charge on any atom is 0.0704 e. The zero-order valence-corrected chi connectivity index (χ0v) is 30.5. The predicted octanol–water partition coefficient (Wildman–Crippen LogP) is 8.91. The van der Waals surface area contributed by atoms with E-state index >= 15 is 0 Å². The van der Waals surface area contributed by atoms with Crippen LogP contribution >= 0.6 is 22.6 Å². The molecule has 0 aromatic heterocycles. The van der Waals surface area contributed by atoms with Crippen molar-refractivity contribution in [2.75, 3.05) is 63.9 Å². The van der Waals surface area contributed by atoms with Crippen molar-refractivity contribution >= 4 is 22.6 Å². The van der Waals surface area contributed by atoms with Gasteiger partial charge in [0.25, 0.3) is 0 Å². The summed E-state index contributed by atoms with van der Waals surface area (Å²) in [7, 11) is 0. The average Bonchev–Trinajstić information content (AvgIpc) is 3.34. The molecule has 250 valence electrons. The first-order chi connectivity index (χ1) is 20.8. The molecule has 0 heterocycles. The van der Waals surface area contributed by atoms with Crippen molar-refractivity contribution in [3.63, 3.8) is 0 Å². The fraction of sp³-hybridized carbons (Fsp3) is 0.946. The Morgan fingerprint density at radius 2 is 1.42 bits per heavy atom. The molecule has 4 rings (SSSR count). The first kappa shape index (κ1) is 36.1. The van der Waals surface area contributed by atoms with Crippen LogP contribution in [0.15, 0.2) is 11.6 Å². The van der Waals surface area contributed by atoms with Gasteiger partial charge in [-0.05, 0) is 97.7 Å². The molecule has 5 nitrogen and oxygen atoms in total. The molecular weight excluding hydrogens is 651 g/mol. The Hall–Kier alpha value is 0.270. The lowest BCUT2D eigenvalue weighted by molar-refractivity contribution is -0.0692. The topological polar surface area (TPSA) is 46.2 Å². The average molecular weight is 717 g/mol. The molecule has 0 aromatic carbocycles. The largest absolute Gasteiger partial charge is 0.378 e. The van der Waals surface area contributed by atoms with Gasteiger partial charge in [0.1, 0.15) is 0 Å². The highest BCUT2D eigenvalue weighted by Crippen LogP contribution is 2.67. The van der Waals surface area contributed by atoms with Crippen LogP contribution in [0.2, 0.25) is 0 Å². The monoisotopic (exact) mass is 716 g/mol. The van der Waals surface area contributed by atoms with Crippen LogP contribution in [0, 0.1) is 46.3 Å². The fourth-order valence-corrected chi connectivity index (χ4v) is 10.2. The molecule has 6 heteroatoms. The minimum Gasteiger partial charge on any atom is -0.378 e. The summed E-state index contributed by atoms with van der Waals surface area (Å²) in [4.78, 5) is 0. The third-order valence-corrected chi connectivity index (χ3v) is 12.6. The highest BCUT2D eigenvalue weighted by atomic mass is 127. The van der Waals surface area contributed by atoms with Crippen molar-refractivity contribution in [3.8, 4) is 0 Å². The van der Waals surface area contributed by atoms with Crippen LogP contribution in [0.4, 0.5) is 0 Å². The number of hydrogen-bond donors (Lipinski definition) is 0. The lowest BCUT2D eigenvalue weighted by Crippen LogP contribution is -2.51. The van der Waals surface area contributed by atoms with Crippen molar-refractivity contribution < 1.29 is 23.7 Å². The van der Waals surface area contributed by atoms with Gasteiger partial charge in [0.2, 0.25) is 0 Å². The Labute approximate surface area is 278 Å². The molecule has 0 amide bonds. The van der Waals surface area contributed by atoms with Gasteiger partial charge in [0, 0.05) is 4.43 Å². The molecule has 0 aromatic rings. The lowest BCUT2D eigenvalue weighted by Gasteiger charge is -2.58. The number of allylic oxidation sites excluding steroid dienone is 1. The molecule has 0 aliphatic heterocycles. The smallest absolute Gasteiger partial charge is 0.0704 e. The van der Waals surface area contributed by atoms with Crippen molar-refractivity contribution in [1.82, 2.24) is 0 Å². The number of ether oxygens (including phenoxy) is 5. The van der Waals surface area contributed by atoms with E-state index in [9.17, 15) is 0 Å². The summed E-state index contributed by atoms with van der Waals surface area (Å²) in [6.07, 6.45) is 18.1. The van der Waals surface area contributed by atoms with Crippen molar-refractivity contribution in [3.05, 3.63) is 11.6 Å². The van der Waals surface area contributed by atoms with Crippen LogP contribution in [0.3, 0.4) is 0 Å². The molecule has 0 radical (unpaired) electrons. The third kappa shape index (κ3) is 9.65. The molecule has 4 aliphatic rings. The molecular formula is C37H65IO5. The molecule has 0 unspecified atom stereocenters. The second-order valence-electron chi connectivity index (χ2n) is 15.2. The van der Waals surface area contributed by atoms with E-state index in [4.69, 9.17) is 23.7 Å². The zero-order chi connectivity index (χ0) is 30.7. The number of halogens is 1. The summed E-state index contributed by atoms with van der Waals surface area (Å²) in [6.45, 7) is 18.5. The first-order valence-electron chi connectivity index (χ1n) is 18.0. The van der Waals surface area contributed by atoms with Crippen molar-refractivity contribution in [2.45, 2.75) is 111 Å². The number of fused-ring (bicyclic) bond motifs is 5. The van der Waals surface area contributed by atoms with Gasteiger partial charge in [-0.2, -0.15) is 0 Å². The molecule has 0 bridgehead atoms. The van der Waals surface area contributed by atoms with Crippen molar-refractivity contribution in [2.24, 2.45) is 46.3 Å². The summed E-state index contributed by atoms with van der Waals surface area (Å²) in [5.41, 5.74) is 2.69. The van der Waals surface area contributed by atoms with E-state index in [0.29, 0.717) is 69.8 Å². The van der Waals surface area contributed by atoms with Gasteiger partial charge in [-0.1, -0.05) is 88.1 Å². The summed E-state index contributed by atoms with van der Waals surface area (Å²) in [5, 5.41) is 0. The third-order valence-electron chi connectivity index (χ3n) is 12.2. The van der Waals surface area contributed by atoms with E-state index in [-0.39, 0.29) is 0 Å². The standard InChI is InChI=1S/C37H65IO5/c1-28(2)7-6-8-29(3)33-11-12-34-32-10-9-30-27-31(13-15-36(30,4)35(32)14-16-37(33,34)5)43-26-25-42-24-23-41-22-21-40-20-19-39-18-17-38/h9,28-29,31-35H,6-8,10-27H2,1-5H3/t29-,31-,32+,33-,34+,35+,36+,37-/m1/s1. The minimum absolute atomic E-state index is 0.352. The van der Waals surface area contributed by atoms with Crippen LogP contribution in [0.5, 0.6) is 0 Å². The summed E-state index contributed by atoms with van der Waals surface area (Å²) in [6, 6.07) is 0. The number of hydrogen-bond acceptors (Lipinski definition) is 5. The summed E-state index contributed by atoms with van der Waals surface area (Å²) in [5.74, 6) is 5.39. The second kappa shape index (κ2) is 18.0. The van der Waals surface area contributed by atoms with Crippen LogP contribution in [-0.2, 0) is 23.7 Å². The second-order valence-corrected chi connectivity index (χ2v) is 16.2. The Morgan fingerprint density at radius 3 is 2.07 bits per heavy atom. The van der Waals surface area contributed by atoms with Gasteiger partial charge in [-0.3, -0.25) is 0 Å². The molecule has 3 saturated carbocycles. The quantitative estimate of drug-likeness (QED) is 0.0545. The fourth-order valence-electron chi connectivity index (χ4n) is 9.88. The SMILES string of the molecule is CC(C)CCC[C@@H](C)[C@H]1CC[C@H]2[C@@H]3CC=C4C[C@H](OCCOCCOCCOCCOCCI)CC[C@]4(C)[C@H]3CC[C@]12C. The Balaban J connectivity index is 1.13. The van der Waals surface area contributed by atoms with Crippen LogP contribution < -0.4 is 0 Å². The van der Waals surface area contributed by atoms with Crippen LogP contribution in [0.1, 0.15) is 105 Å². The predicted molar refractivity (Wildman–Crippen MR) is 185 cm³/mol. The van der Waals surface area contributed by atoms with E-state index < -0.39 is 0 Å². The van der Waals surface area contributed by atoms with E-state index in [2.05, 4.69) is 63.3 Å². The molecule has 4 aliphatic carbocycles. The number of alkyl halides is 1. The zero-order valence-electron chi connectivity index (χ0n) is 28.4. The molecule has 43 heavy (non-hydrogen) atoms.